The first kappa shape index (κ1) is 14.5. The number of carboxylic acid groups (broad SMARTS) is 1. The largest absolute Gasteiger partial charge is 0.490 e. The van der Waals surface area contributed by atoms with Crippen LogP contribution in [0.4, 0.5) is 0 Å². The molecule has 5 nitrogen and oxygen atoms in total. The minimum atomic E-state index is -0.996. The Balaban J connectivity index is 2.38. The van der Waals surface area contributed by atoms with E-state index < -0.39 is 11.9 Å². The number of carboxylic acids is 1. The summed E-state index contributed by atoms with van der Waals surface area (Å²) in [5, 5.41) is 8.48. The van der Waals surface area contributed by atoms with E-state index in [1.807, 2.05) is 0 Å². The molecule has 0 saturated carbocycles. The van der Waals surface area contributed by atoms with E-state index in [1.54, 1.807) is 24.3 Å². The second-order valence-corrected chi connectivity index (χ2v) is 3.46. The number of benzene rings is 1. The lowest BCUT2D eigenvalue weighted by Gasteiger charge is -2.06. The van der Waals surface area contributed by atoms with Gasteiger partial charge >= 0.3 is 11.9 Å². The summed E-state index contributed by atoms with van der Waals surface area (Å²) in [4.78, 5) is 21.1. The summed E-state index contributed by atoms with van der Waals surface area (Å²) in [5.74, 6) is -0.871. The number of hydrogen-bond acceptors (Lipinski definition) is 4. The van der Waals surface area contributed by atoms with Crippen LogP contribution in [0.2, 0.25) is 0 Å². The van der Waals surface area contributed by atoms with Crippen LogP contribution < -0.4 is 4.74 Å². The van der Waals surface area contributed by atoms with E-state index in [2.05, 4.69) is 6.58 Å². The first-order chi connectivity index (χ1) is 9.11. The minimum absolute atomic E-state index is 0.144. The molecule has 0 heterocycles. The van der Waals surface area contributed by atoms with Crippen molar-refractivity contribution in [2.75, 3.05) is 13.2 Å². The second kappa shape index (κ2) is 7.71. The minimum Gasteiger partial charge on any atom is -0.490 e. The number of ether oxygens (including phenoxy) is 2. The van der Waals surface area contributed by atoms with Crippen LogP contribution >= 0.6 is 0 Å². The maximum atomic E-state index is 10.7. The highest BCUT2D eigenvalue weighted by Gasteiger charge is 1.97. The molecule has 0 aromatic heterocycles. The predicted molar refractivity (Wildman–Crippen MR) is 69.8 cm³/mol. The molecule has 1 N–H and O–H groups in total. The van der Waals surface area contributed by atoms with Gasteiger partial charge in [-0.05, 0) is 23.8 Å². The number of carbonyl (C=O) groups excluding carboxylic acids is 1. The van der Waals surface area contributed by atoms with Crippen molar-refractivity contribution in [3.63, 3.8) is 0 Å². The van der Waals surface area contributed by atoms with Gasteiger partial charge in [0.25, 0.3) is 0 Å². The molecule has 0 atom stereocenters. The molecule has 1 rings (SSSR count). The molecule has 0 radical (unpaired) electrons. The first-order valence-corrected chi connectivity index (χ1v) is 5.55. The van der Waals surface area contributed by atoms with Gasteiger partial charge in [0.2, 0.25) is 0 Å². The zero-order chi connectivity index (χ0) is 14.1. The van der Waals surface area contributed by atoms with Crippen molar-refractivity contribution in [3.8, 4) is 5.75 Å². The Bertz CT molecular complexity index is 473. The van der Waals surface area contributed by atoms with Gasteiger partial charge in [-0.1, -0.05) is 18.7 Å². The smallest absolute Gasteiger partial charge is 0.330 e. The first-order valence-electron chi connectivity index (χ1n) is 5.55. The Morgan fingerprint density at radius 3 is 2.47 bits per heavy atom. The van der Waals surface area contributed by atoms with Gasteiger partial charge < -0.3 is 14.6 Å². The highest BCUT2D eigenvalue weighted by molar-refractivity contribution is 5.85. The van der Waals surface area contributed by atoms with Crippen LogP contribution in [0.15, 0.2) is 43.0 Å². The Kier molecular flexibility index (Phi) is 5.88. The van der Waals surface area contributed by atoms with E-state index in [4.69, 9.17) is 14.6 Å². The molecule has 0 saturated heterocycles. The van der Waals surface area contributed by atoms with Crippen molar-refractivity contribution >= 4 is 18.0 Å². The Labute approximate surface area is 110 Å². The Morgan fingerprint density at radius 1 is 1.21 bits per heavy atom. The third-order valence-electron chi connectivity index (χ3n) is 2.06. The normalized spacial score (nSPS) is 10.1. The van der Waals surface area contributed by atoms with Crippen LogP contribution in [0.25, 0.3) is 6.08 Å². The molecule has 19 heavy (non-hydrogen) atoms. The average Bonchev–Trinajstić information content (AvgIpc) is 2.42. The van der Waals surface area contributed by atoms with Gasteiger partial charge in [-0.15, -0.1) is 0 Å². The maximum Gasteiger partial charge on any atom is 0.330 e. The number of aliphatic carboxylic acids is 1. The summed E-state index contributed by atoms with van der Waals surface area (Å²) in [5.41, 5.74) is 0.757. The molecule has 0 unspecified atom stereocenters. The summed E-state index contributed by atoms with van der Waals surface area (Å²) in [6.07, 6.45) is 3.63. The molecular formula is C14H14O5. The molecule has 0 fully saturated rings. The van der Waals surface area contributed by atoms with Crippen molar-refractivity contribution in [1.82, 2.24) is 0 Å². The molecular weight excluding hydrogens is 248 g/mol. The molecule has 0 amide bonds. The molecule has 0 aliphatic carbocycles. The van der Waals surface area contributed by atoms with Gasteiger partial charge in [-0.25, -0.2) is 9.59 Å². The standard InChI is InChI=1S/C14H14O5/c1-2-14(17)19-10-9-18-12-6-3-11(4-7-12)5-8-13(15)16/h2-8H,1,9-10H2,(H,15,16). The van der Waals surface area contributed by atoms with E-state index in [-0.39, 0.29) is 13.2 Å². The van der Waals surface area contributed by atoms with E-state index in [0.717, 1.165) is 17.7 Å². The highest BCUT2D eigenvalue weighted by Crippen LogP contribution is 2.13. The lowest BCUT2D eigenvalue weighted by molar-refractivity contribution is -0.138. The van der Waals surface area contributed by atoms with Crippen molar-refractivity contribution in [3.05, 3.63) is 48.6 Å². The quantitative estimate of drug-likeness (QED) is 0.461. The lowest BCUT2D eigenvalue weighted by atomic mass is 10.2. The predicted octanol–water partition coefficient (Wildman–Crippen LogP) is 1.89. The van der Waals surface area contributed by atoms with Crippen molar-refractivity contribution in [2.45, 2.75) is 0 Å². The zero-order valence-electron chi connectivity index (χ0n) is 10.2. The van der Waals surface area contributed by atoms with E-state index in [0.29, 0.717) is 5.75 Å². The second-order valence-electron chi connectivity index (χ2n) is 3.46. The van der Waals surface area contributed by atoms with E-state index >= 15 is 0 Å². The molecule has 0 aliphatic rings. The van der Waals surface area contributed by atoms with Crippen molar-refractivity contribution in [1.29, 1.82) is 0 Å². The number of carbonyl (C=O) groups is 2. The summed E-state index contributed by atoms with van der Waals surface area (Å²) in [6, 6.07) is 6.86. The number of rotatable bonds is 7. The summed E-state index contributed by atoms with van der Waals surface area (Å²) in [6.45, 7) is 3.66. The van der Waals surface area contributed by atoms with Gasteiger partial charge in [0.05, 0.1) is 0 Å². The van der Waals surface area contributed by atoms with Gasteiger partial charge in [0, 0.05) is 12.2 Å². The molecule has 1 aromatic rings. The highest BCUT2D eigenvalue weighted by atomic mass is 16.6. The Morgan fingerprint density at radius 2 is 1.89 bits per heavy atom. The molecule has 5 heteroatoms. The average molecular weight is 262 g/mol. The van der Waals surface area contributed by atoms with Gasteiger partial charge in [-0.2, -0.15) is 0 Å². The summed E-state index contributed by atoms with van der Waals surface area (Å²) >= 11 is 0. The number of esters is 1. The maximum absolute atomic E-state index is 10.7. The van der Waals surface area contributed by atoms with Crippen LogP contribution in [0.3, 0.4) is 0 Å². The fourth-order valence-corrected chi connectivity index (χ4v) is 1.20. The van der Waals surface area contributed by atoms with E-state index in [1.165, 1.54) is 6.08 Å². The van der Waals surface area contributed by atoms with Gasteiger partial charge in [0.1, 0.15) is 19.0 Å². The molecule has 0 bridgehead atoms. The molecule has 0 spiro atoms. The molecule has 100 valence electrons. The van der Waals surface area contributed by atoms with Crippen LogP contribution in [0, 0.1) is 0 Å². The Hall–Kier alpha value is -2.56. The third kappa shape index (κ3) is 6.07. The van der Waals surface area contributed by atoms with Gasteiger partial charge in [0.15, 0.2) is 0 Å². The summed E-state index contributed by atoms with van der Waals surface area (Å²) in [7, 11) is 0. The monoisotopic (exact) mass is 262 g/mol. The van der Waals surface area contributed by atoms with Crippen molar-refractivity contribution in [2.24, 2.45) is 0 Å². The molecule has 1 aromatic carbocycles. The topological polar surface area (TPSA) is 72.8 Å². The third-order valence-corrected chi connectivity index (χ3v) is 2.06. The fraction of sp³-hybridized carbons (Fsp3) is 0.143. The van der Waals surface area contributed by atoms with Crippen LogP contribution in [0.1, 0.15) is 5.56 Å². The lowest BCUT2D eigenvalue weighted by Crippen LogP contribution is -2.10. The van der Waals surface area contributed by atoms with Crippen LogP contribution in [0.5, 0.6) is 5.75 Å². The SMILES string of the molecule is C=CC(=O)OCCOc1ccc(C=CC(=O)O)cc1. The van der Waals surface area contributed by atoms with Crippen molar-refractivity contribution < 1.29 is 24.2 Å². The van der Waals surface area contributed by atoms with Gasteiger partial charge in [-0.3, -0.25) is 0 Å². The van der Waals surface area contributed by atoms with Crippen LogP contribution in [-0.2, 0) is 14.3 Å². The fourth-order valence-electron chi connectivity index (χ4n) is 1.20. The zero-order valence-corrected chi connectivity index (χ0v) is 10.2. The molecule has 0 aliphatic heterocycles. The summed E-state index contributed by atoms with van der Waals surface area (Å²) < 4.78 is 10.1. The van der Waals surface area contributed by atoms with Crippen LogP contribution in [-0.4, -0.2) is 30.3 Å². The number of hydrogen-bond donors (Lipinski definition) is 1. The van der Waals surface area contributed by atoms with E-state index in [9.17, 15) is 9.59 Å².